The van der Waals surface area contributed by atoms with E-state index in [1.165, 1.54) is 12.0 Å². The van der Waals surface area contributed by atoms with Gasteiger partial charge in [0.15, 0.2) is 0 Å². The standard InChI is InChI=1S/C8H13N3O2/c1-10-5-4-9-7(10)6-11(2)8(12)13-3/h4-5H,6H2,1-3H3. The molecule has 0 spiro atoms. The third kappa shape index (κ3) is 2.21. The van der Waals surface area contributed by atoms with Crippen LogP contribution in [0.1, 0.15) is 5.82 Å². The average molecular weight is 183 g/mol. The molecule has 0 fully saturated rings. The summed E-state index contributed by atoms with van der Waals surface area (Å²) in [4.78, 5) is 16.6. The first-order valence-corrected chi connectivity index (χ1v) is 3.90. The second-order valence-electron chi connectivity index (χ2n) is 2.78. The zero-order valence-electron chi connectivity index (χ0n) is 8.02. The van der Waals surface area contributed by atoms with Crippen LogP contribution in [0.15, 0.2) is 12.4 Å². The highest BCUT2D eigenvalue weighted by Crippen LogP contribution is 2.00. The van der Waals surface area contributed by atoms with Gasteiger partial charge in [0.1, 0.15) is 5.82 Å². The van der Waals surface area contributed by atoms with E-state index < -0.39 is 0 Å². The van der Waals surface area contributed by atoms with Crippen LogP contribution in [0.3, 0.4) is 0 Å². The maximum Gasteiger partial charge on any atom is 0.409 e. The molecule has 0 radical (unpaired) electrons. The molecule has 0 N–H and O–H groups in total. The molecule has 0 unspecified atom stereocenters. The molecule has 0 aliphatic rings. The van der Waals surface area contributed by atoms with Gasteiger partial charge in [-0.1, -0.05) is 0 Å². The molecule has 72 valence electrons. The first kappa shape index (κ1) is 9.57. The quantitative estimate of drug-likeness (QED) is 0.675. The minimum Gasteiger partial charge on any atom is -0.453 e. The summed E-state index contributed by atoms with van der Waals surface area (Å²) in [6, 6.07) is 0. The SMILES string of the molecule is COC(=O)N(C)Cc1nccn1C. The fourth-order valence-corrected chi connectivity index (χ4v) is 0.981. The summed E-state index contributed by atoms with van der Waals surface area (Å²) in [6.07, 6.45) is 3.17. The summed E-state index contributed by atoms with van der Waals surface area (Å²) >= 11 is 0. The van der Waals surface area contributed by atoms with Crippen LogP contribution in [0.5, 0.6) is 0 Å². The second kappa shape index (κ2) is 3.93. The zero-order valence-corrected chi connectivity index (χ0v) is 8.02. The predicted molar refractivity (Wildman–Crippen MR) is 47.1 cm³/mol. The third-order valence-corrected chi connectivity index (χ3v) is 1.79. The number of rotatable bonds is 2. The Kier molecular flexibility index (Phi) is 2.89. The van der Waals surface area contributed by atoms with E-state index in [9.17, 15) is 4.79 Å². The van der Waals surface area contributed by atoms with Crippen LogP contribution in [0.4, 0.5) is 4.79 Å². The topological polar surface area (TPSA) is 47.4 Å². The van der Waals surface area contributed by atoms with Gasteiger partial charge in [0.2, 0.25) is 0 Å². The van der Waals surface area contributed by atoms with Crippen LogP contribution in [-0.4, -0.2) is 34.7 Å². The van der Waals surface area contributed by atoms with Crippen molar-refractivity contribution in [3.05, 3.63) is 18.2 Å². The molecule has 0 saturated heterocycles. The predicted octanol–water partition coefficient (Wildman–Crippen LogP) is 0.618. The van der Waals surface area contributed by atoms with E-state index >= 15 is 0 Å². The number of aryl methyl sites for hydroxylation is 1. The first-order valence-electron chi connectivity index (χ1n) is 3.90. The molecule has 0 bridgehead atoms. The maximum absolute atomic E-state index is 11.0. The van der Waals surface area contributed by atoms with Crippen molar-refractivity contribution < 1.29 is 9.53 Å². The molecule has 1 heterocycles. The molecule has 0 atom stereocenters. The molecule has 0 saturated carbocycles. The van der Waals surface area contributed by atoms with Gasteiger partial charge in [-0.15, -0.1) is 0 Å². The highest BCUT2D eigenvalue weighted by molar-refractivity contribution is 5.66. The minimum atomic E-state index is -0.358. The Morgan fingerprint density at radius 2 is 2.46 bits per heavy atom. The number of ether oxygens (including phenoxy) is 1. The summed E-state index contributed by atoms with van der Waals surface area (Å²) in [5.41, 5.74) is 0. The lowest BCUT2D eigenvalue weighted by Crippen LogP contribution is -2.27. The van der Waals surface area contributed by atoms with E-state index in [-0.39, 0.29) is 6.09 Å². The van der Waals surface area contributed by atoms with Crippen molar-refractivity contribution in [1.82, 2.24) is 14.5 Å². The fraction of sp³-hybridized carbons (Fsp3) is 0.500. The highest BCUT2D eigenvalue weighted by atomic mass is 16.5. The van der Waals surface area contributed by atoms with E-state index in [2.05, 4.69) is 9.72 Å². The lowest BCUT2D eigenvalue weighted by Gasteiger charge is -2.14. The van der Waals surface area contributed by atoms with Crippen LogP contribution in [0.25, 0.3) is 0 Å². The third-order valence-electron chi connectivity index (χ3n) is 1.79. The van der Waals surface area contributed by atoms with Crippen molar-refractivity contribution in [2.75, 3.05) is 14.2 Å². The summed E-state index contributed by atoms with van der Waals surface area (Å²) in [7, 11) is 4.91. The number of imidazole rings is 1. The Morgan fingerprint density at radius 3 is 2.92 bits per heavy atom. The average Bonchev–Trinajstić information content (AvgIpc) is 2.50. The molecule has 5 heteroatoms. The molecular weight excluding hydrogens is 170 g/mol. The van der Waals surface area contributed by atoms with Crippen LogP contribution in [0, 0.1) is 0 Å². The van der Waals surface area contributed by atoms with Crippen molar-refractivity contribution in [3.63, 3.8) is 0 Å². The zero-order chi connectivity index (χ0) is 9.84. The number of amides is 1. The van der Waals surface area contributed by atoms with Crippen LogP contribution in [-0.2, 0) is 18.3 Å². The van der Waals surface area contributed by atoms with E-state index in [0.717, 1.165) is 5.82 Å². The largest absolute Gasteiger partial charge is 0.453 e. The number of nitrogens with zero attached hydrogens (tertiary/aromatic N) is 3. The van der Waals surface area contributed by atoms with Crippen molar-refractivity contribution in [1.29, 1.82) is 0 Å². The molecule has 1 rings (SSSR count). The van der Waals surface area contributed by atoms with Crippen LogP contribution in [0.2, 0.25) is 0 Å². The summed E-state index contributed by atoms with van der Waals surface area (Å²) < 4.78 is 6.41. The number of methoxy groups -OCH3 is 1. The van der Waals surface area contributed by atoms with E-state index in [0.29, 0.717) is 6.54 Å². The Hall–Kier alpha value is -1.52. The van der Waals surface area contributed by atoms with Gasteiger partial charge < -0.3 is 14.2 Å². The van der Waals surface area contributed by atoms with Gasteiger partial charge in [-0.05, 0) is 0 Å². The van der Waals surface area contributed by atoms with Crippen molar-refractivity contribution in [3.8, 4) is 0 Å². The van der Waals surface area contributed by atoms with Crippen molar-refractivity contribution >= 4 is 6.09 Å². The van der Waals surface area contributed by atoms with Gasteiger partial charge in [-0.2, -0.15) is 0 Å². The van der Waals surface area contributed by atoms with Gasteiger partial charge in [0, 0.05) is 26.5 Å². The smallest absolute Gasteiger partial charge is 0.409 e. The lowest BCUT2D eigenvalue weighted by molar-refractivity contribution is 0.130. The Labute approximate surface area is 76.9 Å². The number of hydrogen-bond donors (Lipinski definition) is 0. The molecular formula is C8H13N3O2. The molecule has 1 amide bonds. The van der Waals surface area contributed by atoms with Gasteiger partial charge >= 0.3 is 6.09 Å². The number of carbonyl (C=O) groups excluding carboxylic acids is 1. The number of aromatic nitrogens is 2. The molecule has 1 aromatic heterocycles. The van der Waals surface area contributed by atoms with E-state index in [1.807, 2.05) is 17.8 Å². The van der Waals surface area contributed by atoms with Gasteiger partial charge in [-0.25, -0.2) is 9.78 Å². The van der Waals surface area contributed by atoms with E-state index in [4.69, 9.17) is 0 Å². The van der Waals surface area contributed by atoms with Crippen LogP contribution < -0.4 is 0 Å². The molecule has 13 heavy (non-hydrogen) atoms. The second-order valence-corrected chi connectivity index (χ2v) is 2.78. The van der Waals surface area contributed by atoms with Gasteiger partial charge in [-0.3, -0.25) is 0 Å². The Balaban J connectivity index is 2.59. The molecule has 0 aliphatic heterocycles. The Bertz CT molecular complexity index is 295. The minimum absolute atomic E-state index is 0.358. The van der Waals surface area contributed by atoms with Gasteiger partial charge in [0.25, 0.3) is 0 Å². The number of hydrogen-bond acceptors (Lipinski definition) is 3. The maximum atomic E-state index is 11.0. The number of carbonyl (C=O) groups is 1. The van der Waals surface area contributed by atoms with Crippen molar-refractivity contribution in [2.24, 2.45) is 7.05 Å². The monoisotopic (exact) mass is 183 g/mol. The normalized spacial score (nSPS) is 9.77. The summed E-state index contributed by atoms with van der Waals surface area (Å²) in [6.45, 7) is 0.455. The van der Waals surface area contributed by atoms with Crippen LogP contribution >= 0.6 is 0 Å². The van der Waals surface area contributed by atoms with E-state index in [1.54, 1.807) is 13.2 Å². The molecule has 0 aliphatic carbocycles. The fourth-order valence-electron chi connectivity index (χ4n) is 0.981. The molecule has 0 aromatic carbocycles. The lowest BCUT2D eigenvalue weighted by atomic mass is 10.5. The Morgan fingerprint density at radius 1 is 1.77 bits per heavy atom. The molecule has 5 nitrogen and oxygen atoms in total. The molecule has 1 aromatic rings. The summed E-state index contributed by atoms with van der Waals surface area (Å²) in [5, 5.41) is 0. The van der Waals surface area contributed by atoms with Gasteiger partial charge in [0.05, 0.1) is 13.7 Å². The first-order chi connectivity index (χ1) is 6.15. The highest BCUT2D eigenvalue weighted by Gasteiger charge is 2.10. The van der Waals surface area contributed by atoms with Crippen molar-refractivity contribution in [2.45, 2.75) is 6.54 Å². The summed E-state index contributed by atoms with van der Waals surface area (Å²) in [5.74, 6) is 0.827.